The lowest BCUT2D eigenvalue weighted by molar-refractivity contribution is 0.170. The van der Waals surface area contributed by atoms with Crippen LogP contribution in [-0.2, 0) is 0 Å². The third-order valence-corrected chi connectivity index (χ3v) is 1.34. The molecule has 0 amide bonds. The van der Waals surface area contributed by atoms with Gasteiger partial charge in [-0.15, -0.1) is 0 Å². The van der Waals surface area contributed by atoms with Gasteiger partial charge < -0.3 is 10.8 Å². The van der Waals surface area contributed by atoms with Gasteiger partial charge in [0.1, 0.15) is 0 Å². The van der Waals surface area contributed by atoms with Crippen LogP contribution in [0.15, 0.2) is 12.4 Å². The predicted molar refractivity (Wildman–Crippen MR) is 37.2 cm³/mol. The molecule has 56 valence electrons. The normalized spacial score (nSPS) is 13.4. The second-order valence-corrected chi connectivity index (χ2v) is 2.12. The molecule has 0 radical (unpaired) electrons. The molecule has 1 aromatic heterocycles. The van der Waals surface area contributed by atoms with Gasteiger partial charge in [-0.1, -0.05) is 0 Å². The number of nitrogens with two attached hydrogens (primary N) is 1. The second-order valence-electron chi connectivity index (χ2n) is 2.12. The Labute approximate surface area is 59.1 Å². The molecule has 0 aromatic carbocycles. The maximum atomic E-state index is 9.27. The second kappa shape index (κ2) is 3.34. The first-order valence-corrected chi connectivity index (χ1v) is 3.21. The molecule has 0 aliphatic heterocycles. The summed E-state index contributed by atoms with van der Waals surface area (Å²) in [4.78, 5) is 0. The highest BCUT2D eigenvalue weighted by molar-refractivity contribution is 5.06. The highest BCUT2D eigenvalue weighted by Gasteiger charge is 2.05. The molecule has 0 aliphatic rings. The number of hydrogen-bond acceptors (Lipinski definition) is 3. The van der Waals surface area contributed by atoms with E-state index in [0.29, 0.717) is 13.0 Å². The molecular formula is C6H11N3O. The molecule has 1 rings (SSSR count). The SMILES string of the molecule is NCC[C@@H](O)c1cn[nH]c1. The van der Waals surface area contributed by atoms with Crippen molar-refractivity contribution in [1.29, 1.82) is 0 Å². The third kappa shape index (κ3) is 1.55. The van der Waals surface area contributed by atoms with Crippen LogP contribution in [0.1, 0.15) is 18.1 Å². The van der Waals surface area contributed by atoms with E-state index >= 15 is 0 Å². The minimum Gasteiger partial charge on any atom is -0.388 e. The summed E-state index contributed by atoms with van der Waals surface area (Å²) < 4.78 is 0. The van der Waals surface area contributed by atoms with Gasteiger partial charge in [0.2, 0.25) is 0 Å². The molecule has 0 fully saturated rings. The first kappa shape index (κ1) is 7.24. The maximum Gasteiger partial charge on any atom is 0.0832 e. The zero-order valence-corrected chi connectivity index (χ0v) is 5.62. The lowest BCUT2D eigenvalue weighted by atomic mass is 10.1. The van der Waals surface area contributed by atoms with Crippen LogP contribution in [0, 0.1) is 0 Å². The van der Waals surface area contributed by atoms with Crippen LogP contribution in [0.25, 0.3) is 0 Å². The molecule has 4 N–H and O–H groups in total. The minimum absolute atomic E-state index is 0.469. The van der Waals surface area contributed by atoms with E-state index in [-0.39, 0.29) is 0 Å². The Morgan fingerprint density at radius 2 is 2.60 bits per heavy atom. The minimum atomic E-state index is -0.469. The van der Waals surface area contributed by atoms with Crippen molar-refractivity contribution in [2.45, 2.75) is 12.5 Å². The predicted octanol–water partition coefficient (Wildman–Crippen LogP) is -0.208. The average molecular weight is 141 g/mol. The van der Waals surface area contributed by atoms with Gasteiger partial charge in [-0.25, -0.2) is 0 Å². The Morgan fingerprint density at radius 3 is 3.10 bits per heavy atom. The van der Waals surface area contributed by atoms with Gasteiger partial charge in [0.25, 0.3) is 0 Å². The molecule has 10 heavy (non-hydrogen) atoms. The largest absolute Gasteiger partial charge is 0.388 e. The Balaban J connectivity index is 2.50. The summed E-state index contributed by atoms with van der Waals surface area (Å²) in [5, 5.41) is 15.6. The van der Waals surface area contributed by atoms with Crippen LogP contribution in [-0.4, -0.2) is 21.8 Å². The molecule has 1 heterocycles. The number of hydrogen-bond donors (Lipinski definition) is 3. The van der Waals surface area contributed by atoms with E-state index in [0.717, 1.165) is 5.56 Å². The molecule has 1 atom stereocenters. The number of H-pyrrole nitrogens is 1. The smallest absolute Gasteiger partial charge is 0.0832 e. The van der Waals surface area contributed by atoms with Crippen molar-refractivity contribution >= 4 is 0 Å². The van der Waals surface area contributed by atoms with Crippen LogP contribution >= 0.6 is 0 Å². The van der Waals surface area contributed by atoms with Crippen LogP contribution in [0.3, 0.4) is 0 Å². The van der Waals surface area contributed by atoms with Crippen LogP contribution in [0.2, 0.25) is 0 Å². The zero-order chi connectivity index (χ0) is 7.40. The topological polar surface area (TPSA) is 74.9 Å². The molecule has 0 saturated heterocycles. The third-order valence-electron chi connectivity index (χ3n) is 1.34. The van der Waals surface area contributed by atoms with E-state index < -0.39 is 6.10 Å². The number of nitrogens with one attached hydrogen (secondary N) is 1. The van der Waals surface area contributed by atoms with Crippen molar-refractivity contribution in [2.24, 2.45) is 5.73 Å². The summed E-state index contributed by atoms with van der Waals surface area (Å²) in [6, 6.07) is 0. The molecule has 0 aliphatic carbocycles. The first-order chi connectivity index (χ1) is 4.84. The van der Waals surface area contributed by atoms with Crippen molar-refractivity contribution in [2.75, 3.05) is 6.54 Å². The number of aliphatic hydroxyl groups is 1. The molecule has 0 bridgehead atoms. The molecule has 4 heteroatoms. The van der Waals surface area contributed by atoms with Crippen molar-refractivity contribution in [1.82, 2.24) is 10.2 Å². The van der Waals surface area contributed by atoms with Crippen LogP contribution in [0.4, 0.5) is 0 Å². The first-order valence-electron chi connectivity index (χ1n) is 3.21. The van der Waals surface area contributed by atoms with Crippen LogP contribution < -0.4 is 5.73 Å². The zero-order valence-electron chi connectivity index (χ0n) is 5.62. The van der Waals surface area contributed by atoms with E-state index in [1.807, 2.05) is 0 Å². The van der Waals surface area contributed by atoms with Gasteiger partial charge in [0.15, 0.2) is 0 Å². The number of aliphatic hydroxyl groups excluding tert-OH is 1. The lowest BCUT2D eigenvalue weighted by Crippen LogP contribution is -2.05. The highest BCUT2D eigenvalue weighted by atomic mass is 16.3. The Hall–Kier alpha value is -0.870. The van der Waals surface area contributed by atoms with Gasteiger partial charge in [-0.2, -0.15) is 5.10 Å². The van der Waals surface area contributed by atoms with Crippen molar-refractivity contribution < 1.29 is 5.11 Å². The van der Waals surface area contributed by atoms with E-state index in [4.69, 9.17) is 5.73 Å². The average Bonchev–Trinajstić information content (AvgIpc) is 2.38. The lowest BCUT2D eigenvalue weighted by Gasteiger charge is -2.03. The Morgan fingerprint density at radius 1 is 1.80 bits per heavy atom. The van der Waals surface area contributed by atoms with Crippen molar-refractivity contribution in [3.8, 4) is 0 Å². The molecule has 0 saturated carbocycles. The van der Waals surface area contributed by atoms with Gasteiger partial charge in [0, 0.05) is 11.8 Å². The van der Waals surface area contributed by atoms with Gasteiger partial charge in [0.05, 0.1) is 12.3 Å². The summed E-state index contributed by atoms with van der Waals surface area (Å²) >= 11 is 0. The fourth-order valence-electron chi connectivity index (χ4n) is 0.768. The monoisotopic (exact) mass is 141 g/mol. The molecule has 0 unspecified atom stereocenters. The summed E-state index contributed by atoms with van der Waals surface area (Å²) in [6.07, 6.45) is 3.38. The Bertz CT molecular complexity index is 173. The van der Waals surface area contributed by atoms with Gasteiger partial charge in [-0.3, -0.25) is 5.10 Å². The summed E-state index contributed by atoms with van der Waals surface area (Å²) in [7, 11) is 0. The molecule has 1 aromatic rings. The van der Waals surface area contributed by atoms with Gasteiger partial charge in [-0.05, 0) is 13.0 Å². The molecule has 0 spiro atoms. The molecular weight excluding hydrogens is 130 g/mol. The summed E-state index contributed by atoms with van der Waals surface area (Å²) in [5.74, 6) is 0. The number of aromatic nitrogens is 2. The number of nitrogens with zero attached hydrogens (tertiary/aromatic N) is 1. The standard InChI is InChI=1S/C6H11N3O/c7-2-1-6(10)5-3-8-9-4-5/h3-4,6,10H,1-2,7H2,(H,8,9)/t6-/m1/s1. The van der Waals surface area contributed by atoms with E-state index in [2.05, 4.69) is 10.2 Å². The number of rotatable bonds is 3. The Kier molecular flexibility index (Phi) is 2.42. The molecule has 4 nitrogen and oxygen atoms in total. The van der Waals surface area contributed by atoms with E-state index in [1.54, 1.807) is 12.4 Å². The maximum absolute atomic E-state index is 9.27. The van der Waals surface area contributed by atoms with Gasteiger partial charge >= 0.3 is 0 Å². The van der Waals surface area contributed by atoms with Crippen molar-refractivity contribution in [3.63, 3.8) is 0 Å². The summed E-state index contributed by atoms with van der Waals surface area (Å²) in [6.45, 7) is 0.492. The fraction of sp³-hybridized carbons (Fsp3) is 0.500. The van der Waals surface area contributed by atoms with E-state index in [9.17, 15) is 5.11 Å². The highest BCUT2D eigenvalue weighted by Crippen LogP contribution is 2.12. The van der Waals surface area contributed by atoms with Crippen molar-refractivity contribution in [3.05, 3.63) is 18.0 Å². The fourth-order valence-corrected chi connectivity index (χ4v) is 0.768. The number of aromatic amines is 1. The summed E-state index contributed by atoms with van der Waals surface area (Å²) in [5.41, 5.74) is 6.04. The van der Waals surface area contributed by atoms with Crippen LogP contribution in [0.5, 0.6) is 0 Å². The quantitative estimate of drug-likeness (QED) is 0.545. The van der Waals surface area contributed by atoms with E-state index in [1.165, 1.54) is 0 Å².